The highest BCUT2D eigenvalue weighted by molar-refractivity contribution is 5.80. The van der Waals surface area contributed by atoms with Crippen LogP contribution in [0.5, 0.6) is 0 Å². The Hall–Kier alpha value is -1.84. The molecule has 0 unspecified atom stereocenters. The van der Waals surface area contributed by atoms with Crippen molar-refractivity contribution >= 4 is 11.8 Å². The highest BCUT2D eigenvalue weighted by Gasteiger charge is 2.30. The van der Waals surface area contributed by atoms with Gasteiger partial charge in [0.15, 0.2) is 0 Å². The first-order chi connectivity index (χ1) is 13.0. The van der Waals surface area contributed by atoms with Gasteiger partial charge in [-0.05, 0) is 57.1 Å². The predicted molar refractivity (Wildman–Crippen MR) is 109 cm³/mol. The number of rotatable bonds is 4. The van der Waals surface area contributed by atoms with Crippen LogP contribution in [-0.2, 0) is 16.0 Å². The second-order valence-electron chi connectivity index (χ2n) is 8.32. The van der Waals surface area contributed by atoms with Gasteiger partial charge in [-0.25, -0.2) is 0 Å². The number of benzene rings is 1. The molecule has 0 spiro atoms. The van der Waals surface area contributed by atoms with Crippen LogP contribution in [0.15, 0.2) is 18.2 Å². The van der Waals surface area contributed by atoms with Crippen molar-refractivity contribution < 1.29 is 9.59 Å². The van der Waals surface area contributed by atoms with Crippen LogP contribution in [0.4, 0.5) is 0 Å². The van der Waals surface area contributed by atoms with E-state index in [1.165, 1.54) is 29.5 Å². The fourth-order valence-electron chi connectivity index (χ4n) is 4.45. The van der Waals surface area contributed by atoms with Gasteiger partial charge in [0.25, 0.3) is 0 Å². The summed E-state index contributed by atoms with van der Waals surface area (Å²) in [6.45, 7) is 7.53. The lowest BCUT2D eigenvalue weighted by molar-refractivity contribution is -0.140. The van der Waals surface area contributed by atoms with Crippen LogP contribution in [0.2, 0.25) is 0 Å². The molecule has 0 aromatic heterocycles. The SMILES string of the molecule is Cc1ccc(CCC(=O)N2CCC(C(=O)N3CCCCCC3)CC2)c(C)c1. The zero-order valence-corrected chi connectivity index (χ0v) is 17.0. The second-order valence-corrected chi connectivity index (χ2v) is 8.32. The molecule has 148 valence electrons. The molecule has 4 heteroatoms. The molecule has 4 nitrogen and oxygen atoms in total. The van der Waals surface area contributed by atoms with Gasteiger partial charge in [-0.1, -0.05) is 36.6 Å². The van der Waals surface area contributed by atoms with E-state index in [0.717, 1.165) is 58.3 Å². The number of nitrogens with zero attached hydrogens (tertiary/aromatic N) is 2. The summed E-state index contributed by atoms with van der Waals surface area (Å²) in [5, 5.41) is 0. The quantitative estimate of drug-likeness (QED) is 0.807. The highest BCUT2D eigenvalue weighted by Crippen LogP contribution is 2.23. The summed E-state index contributed by atoms with van der Waals surface area (Å²) >= 11 is 0. The average molecular weight is 371 g/mol. The Bertz CT molecular complexity index is 654. The Morgan fingerprint density at radius 2 is 1.59 bits per heavy atom. The van der Waals surface area contributed by atoms with Crippen molar-refractivity contribution in [1.29, 1.82) is 0 Å². The molecule has 1 aromatic carbocycles. The maximum atomic E-state index is 12.8. The van der Waals surface area contributed by atoms with Gasteiger partial charge in [-0.2, -0.15) is 0 Å². The van der Waals surface area contributed by atoms with Crippen molar-refractivity contribution in [2.24, 2.45) is 5.92 Å². The van der Waals surface area contributed by atoms with E-state index in [0.29, 0.717) is 12.3 Å². The molecule has 2 amide bonds. The number of amides is 2. The second kappa shape index (κ2) is 9.38. The molecule has 3 rings (SSSR count). The molecule has 0 radical (unpaired) electrons. The number of likely N-dealkylation sites (tertiary alicyclic amines) is 2. The van der Waals surface area contributed by atoms with Crippen molar-refractivity contribution in [3.8, 4) is 0 Å². The molecule has 2 heterocycles. The van der Waals surface area contributed by atoms with Crippen molar-refractivity contribution in [2.45, 2.75) is 65.2 Å². The van der Waals surface area contributed by atoms with Gasteiger partial charge < -0.3 is 9.80 Å². The maximum absolute atomic E-state index is 12.8. The standard InChI is InChI=1S/C23H34N2O2/c1-18-7-8-20(19(2)17-18)9-10-22(26)24-15-11-21(12-16-24)23(27)25-13-5-3-4-6-14-25/h7-8,17,21H,3-6,9-16H2,1-2H3. The molecule has 0 saturated carbocycles. The van der Waals surface area contributed by atoms with Crippen LogP contribution in [-0.4, -0.2) is 47.8 Å². The minimum Gasteiger partial charge on any atom is -0.343 e. The van der Waals surface area contributed by atoms with Gasteiger partial charge >= 0.3 is 0 Å². The molecule has 0 N–H and O–H groups in total. The Morgan fingerprint density at radius 1 is 0.926 bits per heavy atom. The number of carbonyl (C=O) groups is 2. The lowest BCUT2D eigenvalue weighted by atomic mass is 9.94. The van der Waals surface area contributed by atoms with Crippen molar-refractivity contribution in [1.82, 2.24) is 9.80 Å². The van der Waals surface area contributed by atoms with Gasteiger partial charge in [0.1, 0.15) is 0 Å². The van der Waals surface area contributed by atoms with E-state index < -0.39 is 0 Å². The fourth-order valence-corrected chi connectivity index (χ4v) is 4.45. The zero-order chi connectivity index (χ0) is 19.2. The van der Waals surface area contributed by atoms with Crippen LogP contribution in [0, 0.1) is 19.8 Å². The summed E-state index contributed by atoms with van der Waals surface area (Å²) in [7, 11) is 0. The van der Waals surface area contributed by atoms with Crippen LogP contribution >= 0.6 is 0 Å². The van der Waals surface area contributed by atoms with E-state index in [4.69, 9.17) is 0 Å². The van der Waals surface area contributed by atoms with E-state index in [9.17, 15) is 9.59 Å². The van der Waals surface area contributed by atoms with Crippen LogP contribution in [0.3, 0.4) is 0 Å². The molecule has 2 aliphatic heterocycles. The first-order valence-corrected chi connectivity index (χ1v) is 10.7. The van der Waals surface area contributed by atoms with E-state index in [1.54, 1.807) is 0 Å². The molecule has 0 atom stereocenters. The van der Waals surface area contributed by atoms with Crippen LogP contribution in [0.25, 0.3) is 0 Å². The summed E-state index contributed by atoms with van der Waals surface area (Å²) in [6.07, 6.45) is 7.79. The molecule has 2 aliphatic rings. The van der Waals surface area contributed by atoms with Crippen molar-refractivity contribution in [3.05, 3.63) is 34.9 Å². The molecule has 2 fully saturated rings. The molecule has 2 saturated heterocycles. The van der Waals surface area contributed by atoms with Gasteiger partial charge in [0.05, 0.1) is 0 Å². The topological polar surface area (TPSA) is 40.6 Å². The molecule has 0 bridgehead atoms. The fraction of sp³-hybridized carbons (Fsp3) is 0.652. The van der Waals surface area contributed by atoms with Gasteiger partial charge in [-0.15, -0.1) is 0 Å². The molecule has 27 heavy (non-hydrogen) atoms. The predicted octanol–water partition coefficient (Wildman–Crippen LogP) is 3.88. The van der Waals surface area contributed by atoms with Gasteiger partial charge in [0, 0.05) is 38.5 Å². The van der Waals surface area contributed by atoms with Crippen LogP contribution < -0.4 is 0 Å². The Morgan fingerprint density at radius 3 is 2.22 bits per heavy atom. The van der Waals surface area contributed by atoms with Crippen molar-refractivity contribution in [2.75, 3.05) is 26.2 Å². The third-order valence-electron chi connectivity index (χ3n) is 6.22. The third-order valence-corrected chi connectivity index (χ3v) is 6.22. The molecular weight excluding hydrogens is 336 g/mol. The minimum atomic E-state index is 0.117. The molecular formula is C23H34N2O2. The highest BCUT2D eigenvalue weighted by atomic mass is 16.2. The summed E-state index contributed by atoms with van der Waals surface area (Å²) in [5.41, 5.74) is 3.79. The number of hydrogen-bond acceptors (Lipinski definition) is 2. The zero-order valence-electron chi connectivity index (χ0n) is 17.0. The smallest absolute Gasteiger partial charge is 0.225 e. The van der Waals surface area contributed by atoms with E-state index in [-0.39, 0.29) is 11.8 Å². The minimum absolute atomic E-state index is 0.117. The molecule has 1 aromatic rings. The maximum Gasteiger partial charge on any atom is 0.225 e. The third kappa shape index (κ3) is 5.33. The Kier molecular flexibility index (Phi) is 6.92. The lowest BCUT2D eigenvalue weighted by Crippen LogP contribution is -2.44. The Labute approximate surface area is 163 Å². The first kappa shape index (κ1) is 19.9. The summed E-state index contributed by atoms with van der Waals surface area (Å²) in [4.78, 5) is 29.4. The van der Waals surface area contributed by atoms with Crippen LogP contribution in [0.1, 0.15) is 61.6 Å². The largest absolute Gasteiger partial charge is 0.343 e. The number of piperidine rings is 1. The van der Waals surface area contributed by atoms with E-state index in [2.05, 4.69) is 36.9 Å². The summed E-state index contributed by atoms with van der Waals surface area (Å²) in [5.74, 6) is 0.682. The van der Waals surface area contributed by atoms with Gasteiger partial charge in [0.2, 0.25) is 11.8 Å². The normalized spacial score (nSPS) is 19.0. The van der Waals surface area contributed by atoms with Gasteiger partial charge in [-0.3, -0.25) is 9.59 Å². The van der Waals surface area contributed by atoms with E-state index in [1.807, 2.05) is 4.90 Å². The van der Waals surface area contributed by atoms with Crippen molar-refractivity contribution in [3.63, 3.8) is 0 Å². The monoisotopic (exact) mass is 370 g/mol. The number of aryl methyl sites for hydroxylation is 3. The number of hydrogen-bond donors (Lipinski definition) is 0. The summed E-state index contributed by atoms with van der Waals surface area (Å²) in [6, 6.07) is 6.44. The number of carbonyl (C=O) groups excluding carboxylic acids is 2. The van der Waals surface area contributed by atoms with E-state index >= 15 is 0 Å². The summed E-state index contributed by atoms with van der Waals surface area (Å²) < 4.78 is 0. The Balaban J connectivity index is 1.45. The first-order valence-electron chi connectivity index (χ1n) is 10.7. The molecule has 0 aliphatic carbocycles. The lowest BCUT2D eigenvalue weighted by Gasteiger charge is -2.34. The average Bonchev–Trinajstić information content (AvgIpc) is 2.96.